The summed E-state index contributed by atoms with van der Waals surface area (Å²) in [5.41, 5.74) is 5.61. The van der Waals surface area contributed by atoms with Crippen LogP contribution in [0.15, 0.2) is 0 Å². The molecule has 3 aliphatic rings. The minimum Gasteiger partial charge on any atom is -0.329 e. The topological polar surface area (TPSA) is 66.6 Å². The first-order chi connectivity index (χ1) is 10.1. The Kier molecular flexibility index (Phi) is 4.31. The molecule has 0 aromatic rings. The van der Waals surface area contributed by atoms with Crippen LogP contribution in [0.5, 0.6) is 0 Å². The number of nitrogens with two attached hydrogens (primary N) is 1. The van der Waals surface area contributed by atoms with Gasteiger partial charge in [-0.05, 0) is 31.1 Å². The Balaban J connectivity index is 1.61. The lowest BCUT2D eigenvalue weighted by Gasteiger charge is -2.43. The van der Waals surface area contributed by atoms with Gasteiger partial charge in [0.2, 0.25) is 11.8 Å². The van der Waals surface area contributed by atoms with Crippen molar-refractivity contribution in [1.29, 1.82) is 0 Å². The van der Waals surface area contributed by atoms with Gasteiger partial charge in [0.15, 0.2) is 0 Å². The molecule has 2 N–H and O–H groups in total. The molecule has 0 radical (unpaired) electrons. The number of imide groups is 1. The van der Waals surface area contributed by atoms with Crippen LogP contribution >= 0.6 is 0 Å². The molecule has 0 bridgehead atoms. The largest absolute Gasteiger partial charge is 0.329 e. The zero-order chi connectivity index (χ0) is 14.9. The van der Waals surface area contributed by atoms with Crippen molar-refractivity contribution in [2.45, 2.75) is 57.4 Å². The van der Waals surface area contributed by atoms with Crippen LogP contribution in [0.1, 0.15) is 51.4 Å². The molecule has 0 atom stereocenters. The third kappa shape index (κ3) is 2.99. The Morgan fingerprint density at radius 1 is 1.05 bits per heavy atom. The van der Waals surface area contributed by atoms with Crippen molar-refractivity contribution in [3.05, 3.63) is 0 Å². The van der Waals surface area contributed by atoms with Crippen molar-refractivity contribution in [3.8, 4) is 0 Å². The Morgan fingerprint density at radius 2 is 1.62 bits per heavy atom. The fourth-order valence-electron chi connectivity index (χ4n) is 4.48. The Morgan fingerprint density at radius 3 is 2.14 bits per heavy atom. The summed E-state index contributed by atoms with van der Waals surface area (Å²) in [5, 5.41) is 0. The van der Waals surface area contributed by atoms with Crippen molar-refractivity contribution in [1.82, 2.24) is 9.80 Å². The SMILES string of the molecule is NCCN1CCC(N2C(=O)CC3(CCCC3)CC2=O)CC1. The van der Waals surface area contributed by atoms with Crippen LogP contribution < -0.4 is 5.73 Å². The highest BCUT2D eigenvalue weighted by molar-refractivity contribution is 5.99. The second kappa shape index (κ2) is 6.05. The van der Waals surface area contributed by atoms with Gasteiger partial charge in [-0.15, -0.1) is 0 Å². The Hall–Kier alpha value is -0.940. The van der Waals surface area contributed by atoms with Crippen LogP contribution in [0.25, 0.3) is 0 Å². The van der Waals surface area contributed by atoms with Crippen LogP contribution in [0.3, 0.4) is 0 Å². The molecule has 0 unspecified atom stereocenters. The normalized spacial score (nSPS) is 27.8. The lowest BCUT2D eigenvalue weighted by atomic mass is 9.75. The van der Waals surface area contributed by atoms with Gasteiger partial charge in [0.25, 0.3) is 0 Å². The molecule has 2 heterocycles. The third-order valence-corrected chi connectivity index (χ3v) is 5.62. The summed E-state index contributed by atoms with van der Waals surface area (Å²) >= 11 is 0. The molecule has 21 heavy (non-hydrogen) atoms. The van der Waals surface area contributed by atoms with Gasteiger partial charge >= 0.3 is 0 Å². The van der Waals surface area contributed by atoms with Gasteiger partial charge in [-0.1, -0.05) is 12.8 Å². The lowest BCUT2D eigenvalue weighted by molar-refractivity contribution is -0.157. The predicted octanol–water partition coefficient (Wildman–Crippen LogP) is 1.12. The molecule has 3 rings (SSSR count). The molecule has 5 heteroatoms. The van der Waals surface area contributed by atoms with Crippen LogP contribution in [0.4, 0.5) is 0 Å². The number of carbonyl (C=O) groups excluding carboxylic acids is 2. The summed E-state index contributed by atoms with van der Waals surface area (Å²) in [5.74, 6) is 0.177. The van der Waals surface area contributed by atoms with E-state index in [9.17, 15) is 9.59 Å². The highest BCUT2D eigenvalue weighted by Gasteiger charge is 2.47. The van der Waals surface area contributed by atoms with Crippen LogP contribution in [0.2, 0.25) is 0 Å². The maximum Gasteiger partial charge on any atom is 0.229 e. The van der Waals surface area contributed by atoms with Crippen LogP contribution in [-0.4, -0.2) is 53.8 Å². The van der Waals surface area contributed by atoms with E-state index in [1.807, 2.05) is 0 Å². The van der Waals surface area contributed by atoms with Crippen molar-refractivity contribution in [2.75, 3.05) is 26.2 Å². The molecular weight excluding hydrogens is 266 g/mol. The molecule has 0 aromatic heterocycles. The Bertz CT molecular complexity index is 390. The van der Waals surface area contributed by atoms with E-state index < -0.39 is 0 Å². The first-order valence-corrected chi connectivity index (χ1v) is 8.41. The van der Waals surface area contributed by atoms with Gasteiger partial charge in [-0.25, -0.2) is 0 Å². The highest BCUT2D eigenvalue weighted by atomic mass is 16.2. The van der Waals surface area contributed by atoms with Gasteiger partial charge in [0.1, 0.15) is 0 Å². The molecule has 1 spiro atoms. The second-order valence-electron chi connectivity index (χ2n) is 7.08. The van der Waals surface area contributed by atoms with E-state index in [1.54, 1.807) is 4.90 Å². The molecule has 2 aliphatic heterocycles. The monoisotopic (exact) mass is 293 g/mol. The molecular formula is C16H27N3O2. The van der Waals surface area contributed by atoms with Gasteiger partial charge in [0, 0.05) is 45.1 Å². The number of piperidine rings is 2. The maximum absolute atomic E-state index is 12.5. The molecule has 0 aromatic carbocycles. The van der Waals surface area contributed by atoms with Crippen LogP contribution in [0, 0.1) is 5.41 Å². The maximum atomic E-state index is 12.5. The fraction of sp³-hybridized carbons (Fsp3) is 0.875. The minimum atomic E-state index is 0.0188. The van der Waals surface area contributed by atoms with E-state index >= 15 is 0 Å². The lowest BCUT2D eigenvalue weighted by Crippen LogP contribution is -2.55. The number of rotatable bonds is 3. The van der Waals surface area contributed by atoms with E-state index in [-0.39, 0.29) is 23.3 Å². The van der Waals surface area contributed by atoms with E-state index in [0.29, 0.717) is 19.4 Å². The van der Waals surface area contributed by atoms with E-state index in [0.717, 1.165) is 45.3 Å². The van der Waals surface area contributed by atoms with Crippen molar-refractivity contribution in [2.24, 2.45) is 11.1 Å². The highest BCUT2D eigenvalue weighted by Crippen LogP contribution is 2.47. The fourth-order valence-corrected chi connectivity index (χ4v) is 4.48. The molecule has 1 saturated carbocycles. The summed E-state index contributed by atoms with van der Waals surface area (Å²) in [6.07, 6.45) is 7.50. The second-order valence-corrected chi connectivity index (χ2v) is 7.08. The number of amides is 2. The van der Waals surface area contributed by atoms with E-state index in [2.05, 4.69) is 4.90 Å². The van der Waals surface area contributed by atoms with Gasteiger partial charge in [-0.2, -0.15) is 0 Å². The van der Waals surface area contributed by atoms with E-state index in [1.165, 1.54) is 12.8 Å². The first-order valence-electron chi connectivity index (χ1n) is 8.41. The summed E-state index contributed by atoms with van der Waals surface area (Å²) in [6, 6.07) is 0.123. The number of hydrogen-bond acceptors (Lipinski definition) is 4. The zero-order valence-electron chi connectivity index (χ0n) is 12.9. The predicted molar refractivity (Wildman–Crippen MR) is 80.5 cm³/mol. The number of nitrogens with zero attached hydrogens (tertiary/aromatic N) is 2. The van der Waals surface area contributed by atoms with Crippen molar-refractivity contribution < 1.29 is 9.59 Å². The molecule has 5 nitrogen and oxygen atoms in total. The quantitative estimate of drug-likeness (QED) is 0.792. The minimum absolute atomic E-state index is 0.0188. The zero-order valence-corrected chi connectivity index (χ0v) is 12.9. The summed E-state index contributed by atoms with van der Waals surface area (Å²) in [6.45, 7) is 3.49. The molecule has 118 valence electrons. The number of hydrogen-bond donors (Lipinski definition) is 1. The van der Waals surface area contributed by atoms with E-state index in [4.69, 9.17) is 5.73 Å². The average molecular weight is 293 g/mol. The number of likely N-dealkylation sites (tertiary alicyclic amines) is 2. The van der Waals surface area contributed by atoms with Gasteiger partial charge in [0.05, 0.1) is 0 Å². The van der Waals surface area contributed by atoms with Crippen LogP contribution in [-0.2, 0) is 9.59 Å². The number of carbonyl (C=O) groups is 2. The first kappa shape index (κ1) is 15.0. The summed E-state index contributed by atoms with van der Waals surface area (Å²) in [7, 11) is 0. The van der Waals surface area contributed by atoms with Crippen molar-refractivity contribution >= 4 is 11.8 Å². The third-order valence-electron chi connectivity index (χ3n) is 5.62. The molecule has 2 amide bonds. The summed E-state index contributed by atoms with van der Waals surface area (Å²) in [4.78, 5) is 29.0. The standard InChI is InChI=1S/C16H27N3O2/c17-7-10-18-8-3-13(4-9-18)19-14(20)11-16(12-15(19)21)5-1-2-6-16/h13H,1-12,17H2. The summed E-state index contributed by atoms with van der Waals surface area (Å²) < 4.78 is 0. The Labute approximate surface area is 126 Å². The molecule has 3 fully saturated rings. The van der Waals surface area contributed by atoms with Gasteiger partial charge in [-0.3, -0.25) is 14.5 Å². The molecule has 1 aliphatic carbocycles. The molecule has 2 saturated heterocycles. The van der Waals surface area contributed by atoms with Gasteiger partial charge < -0.3 is 10.6 Å². The smallest absolute Gasteiger partial charge is 0.229 e. The average Bonchev–Trinajstić information content (AvgIpc) is 2.88. The van der Waals surface area contributed by atoms with Crippen molar-refractivity contribution in [3.63, 3.8) is 0 Å².